The monoisotopic (exact) mass is 368 g/mol. The summed E-state index contributed by atoms with van der Waals surface area (Å²) in [6.07, 6.45) is 2.51. The van der Waals surface area contributed by atoms with Gasteiger partial charge >= 0.3 is 0 Å². The topological polar surface area (TPSA) is 53.7 Å². The molecule has 4 aromatic rings. The van der Waals surface area contributed by atoms with Crippen molar-refractivity contribution in [2.45, 2.75) is 19.0 Å². The summed E-state index contributed by atoms with van der Waals surface area (Å²) < 4.78 is 1.53. The molecule has 1 atom stereocenters. The highest BCUT2D eigenvalue weighted by Crippen LogP contribution is 2.42. The molecule has 0 amide bonds. The SMILES string of the molecule is Oc1c([C@@H](c2cccs2)N2CCc3ccccc3C2)sc2ncnn12. The van der Waals surface area contributed by atoms with Gasteiger partial charge < -0.3 is 5.11 Å². The van der Waals surface area contributed by atoms with Gasteiger partial charge in [-0.05, 0) is 29.0 Å². The number of fused-ring (bicyclic) bond motifs is 2. The average Bonchev–Trinajstić information content (AvgIpc) is 3.37. The van der Waals surface area contributed by atoms with Gasteiger partial charge in [-0.3, -0.25) is 4.90 Å². The molecule has 0 saturated heterocycles. The Kier molecular flexibility index (Phi) is 3.58. The average molecular weight is 368 g/mol. The molecule has 5 rings (SSSR count). The molecule has 0 fully saturated rings. The second-order valence-corrected chi connectivity index (χ2v) is 8.14. The van der Waals surface area contributed by atoms with Gasteiger partial charge in [0.05, 0.1) is 10.9 Å². The van der Waals surface area contributed by atoms with E-state index in [2.05, 4.69) is 56.8 Å². The third-order valence-corrected chi connectivity index (χ3v) is 6.74. The molecule has 1 aromatic carbocycles. The number of aromatic hydroxyl groups is 1. The lowest BCUT2D eigenvalue weighted by molar-refractivity contribution is 0.208. The van der Waals surface area contributed by atoms with E-state index in [-0.39, 0.29) is 11.9 Å². The van der Waals surface area contributed by atoms with Gasteiger partial charge in [-0.1, -0.05) is 41.7 Å². The Morgan fingerprint density at radius 3 is 2.80 bits per heavy atom. The summed E-state index contributed by atoms with van der Waals surface area (Å²) in [5.41, 5.74) is 2.80. The van der Waals surface area contributed by atoms with Crippen LogP contribution >= 0.6 is 22.7 Å². The molecule has 0 unspecified atom stereocenters. The Hall–Kier alpha value is -2.22. The zero-order valence-electron chi connectivity index (χ0n) is 13.4. The molecule has 1 N–H and O–H groups in total. The molecular formula is C18H16N4OS2. The molecule has 1 aliphatic heterocycles. The predicted molar refractivity (Wildman–Crippen MR) is 99.2 cm³/mol. The van der Waals surface area contributed by atoms with Gasteiger partial charge in [-0.2, -0.15) is 9.61 Å². The first-order valence-corrected chi connectivity index (χ1v) is 9.86. The molecule has 5 nitrogen and oxygen atoms in total. The molecule has 126 valence electrons. The molecule has 7 heteroatoms. The van der Waals surface area contributed by atoms with Gasteiger partial charge in [0.15, 0.2) is 0 Å². The van der Waals surface area contributed by atoms with Crippen molar-refractivity contribution in [2.75, 3.05) is 6.54 Å². The van der Waals surface area contributed by atoms with Crippen molar-refractivity contribution in [2.24, 2.45) is 0 Å². The number of thiazole rings is 1. The molecule has 0 bridgehead atoms. The largest absolute Gasteiger partial charge is 0.492 e. The summed E-state index contributed by atoms with van der Waals surface area (Å²) >= 11 is 3.24. The maximum Gasteiger partial charge on any atom is 0.230 e. The zero-order valence-corrected chi connectivity index (χ0v) is 15.0. The van der Waals surface area contributed by atoms with Crippen LogP contribution in [0.25, 0.3) is 4.96 Å². The highest BCUT2D eigenvalue weighted by Gasteiger charge is 2.31. The van der Waals surface area contributed by atoms with Crippen LogP contribution in [-0.2, 0) is 13.0 Å². The second-order valence-electron chi connectivity index (χ2n) is 6.15. The molecular weight excluding hydrogens is 352 g/mol. The van der Waals surface area contributed by atoms with Crippen LogP contribution < -0.4 is 0 Å². The smallest absolute Gasteiger partial charge is 0.230 e. The highest BCUT2D eigenvalue weighted by atomic mass is 32.1. The number of benzene rings is 1. The number of nitrogens with zero attached hydrogens (tertiary/aromatic N) is 4. The fourth-order valence-electron chi connectivity index (χ4n) is 3.53. The Balaban J connectivity index is 1.60. The van der Waals surface area contributed by atoms with Crippen LogP contribution in [-0.4, -0.2) is 31.1 Å². The van der Waals surface area contributed by atoms with Crippen LogP contribution in [0.15, 0.2) is 48.1 Å². The minimum absolute atomic E-state index is 0.0295. The van der Waals surface area contributed by atoms with Gasteiger partial charge in [0, 0.05) is 18.0 Å². The van der Waals surface area contributed by atoms with Crippen LogP contribution in [0.5, 0.6) is 5.88 Å². The standard InChI is InChI=1S/C18H16N4OS2/c23-17-16(25-18-19-11-20-22(17)18)15(14-6-3-9-24-14)21-8-7-12-4-1-2-5-13(12)10-21/h1-6,9,11,15,23H,7-8,10H2/t15-/m1/s1. The number of thiophene rings is 1. The maximum atomic E-state index is 10.7. The van der Waals surface area contributed by atoms with Crippen LogP contribution in [0.2, 0.25) is 0 Å². The van der Waals surface area contributed by atoms with Crippen LogP contribution in [0.4, 0.5) is 0 Å². The molecule has 1 aliphatic rings. The molecule has 0 aliphatic carbocycles. The van der Waals surface area contributed by atoms with E-state index >= 15 is 0 Å². The van der Waals surface area contributed by atoms with E-state index in [9.17, 15) is 5.11 Å². The van der Waals surface area contributed by atoms with Crippen molar-refractivity contribution in [3.63, 3.8) is 0 Å². The van der Waals surface area contributed by atoms with Gasteiger partial charge in [0.1, 0.15) is 6.33 Å². The molecule has 0 saturated carbocycles. The minimum Gasteiger partial charge on any atom is -0.492 e. The summed E-state index contributed by atoms with van der Waals surface area (Å²) in [5.74, 6) is 0.203. The maximum absolute atomic E-state index is 10.7. The Labute approximate surface area is 152 Å². The van der Waals surface area contributed by atoms with E-state index in [0.717, 1.165) is 29.3 Å². The quantitative estimate of drug-likeness (QED) is 0.599. The summed E-state index contributed by atoms with van der Waals surface area (Å²) in [7, 11) is 0. The van der Waals surface area contributed by atoms with E-state index in [4.69, 9.17) is 0 Å². The fourth-order valence-corrected chi connectivity index (χ4v) is 5.56. The van der Waals surface area contributed by atoms with Gasteiger partial charge in [-0.25, -0.2) is 4.98 Å². The second kappa shape index (κ2) is 5.94. The van der Waals surface area contributed by atoms with E-state index < -0.39 is 0 Å². The highest BCUT2D eigenvalue weighted by molar-refractivity contribution is 7.17. The van der Waals surface area contributed by atoms with E-state index in [1.165, 1.54) is 38.2 Å². The van der Waals surface area contributed by atoms with Crippen molar-refractivity contribution in [3.8, 4) is 5.88 Å². The first-order chi connectivity index (χ1) is 12.3. The van der Waals surface area contributed by atoms with Crippen LogP contribution in [0.1, 0.15) is 26.9 Å². The summed E-state index contributed by atoms with van der Waals surface area (Å²) in [6.45, 7) is 1.85. The van der Waals surface area contributed by atoms with Gasteiger partial charge in [-0.15, -0.1) is 11.3 Å². The zero-order chi connectivity index (χ0) is 16.8. The van der Waals surface area contributed by atoms with Crippen molar-refractivity contribution in [1.82, 2.24) is 19.5 Å². The Morgan fingerprint density at radius 2 is 2.00 bits per heavy atom. The third-order valence-electron chi connectivity index (χ3n) is 4.73. The van der Waals surface area contributed by atoms with Crippen molar-refractivity contribution >= 4 is 27.6 Å². The number of hydrogen-bond acceptors (Lipinski definition) is 6. The van der Waals surface area contributed by atoms with Crippen LogP contribution in [0.3, 0.4) is 0 Å². The van der Waals surface area contributed by atoms with Gasteiger partial charge in [0.25, 0.3) is 0 Å². The predicted octanol–water partition coefficient (Wildman–Crippen LogP) is 3.71. The molecule has 3 aromatic heterocycles. The molecule has 0 radical (unpaired) electrons. The normalized spacial score (nSPS) is 16.2. The van der Waals surface area contributed by atoms with E-state index in [1.807, 2.05) is 0 Å². The first kappa shape index (κ1) is 15.1. The van der Waals surface area contributed by atoms with Crippen molar-refractivity contribution < 1.29 is 5.11 Å². The summed E-state index contributed by atoms with van der Waals surface area (Å²) in [6, 6.07) is 12.9. The Bertz CT molecular complexity index is 1020. The van der Waals surface area contributed by atoms with Crippen molar-refractivity contribution in [3.05, 3.63) is 69.0 Å². The molecule has 4 heterocycles. The van der Waals surface area contributed by atoms with Crippen molar-refractivity contribution in [1.29, 1.82) is 0 Å². The molecule has 0 spiro atoms. The van der Waals surface area contributed by atoms with E-state index in [1.54, 1.807) is 11.3 Å². The third kappa shape index (κ3) is 2.47. The summed E-state index contributed by atoms with van der Waals surface area (Å²) in [5, 5.41) is 16.9. The van der Waals surface area contributed by atoms with E-state index in [0.29, 0.717) is 0 Å². The lowest BCUT2D eigenvalue weighted by Gasteiger charge is -2.34. The summed E-state index contributed by atoms with van der Waals surface area (Å²) in [4.78, 5) is 9.56. The minimum atomic E-state index is 0.0295. The lowest BCUT2D eigenvalue weighted by atomic mass is 9.98. The Morgan fingerprint density at radius 1 is 1.12 bits per heavy atom. The number of hydrogen-bond donors (Lipinski definition) is 1. The number of rotatable bonds is 3. The van der Waals surface area contributed by atoms with Crippen LogP contribution in [0, 0.1) is 0 Å². The fraction of sp³-hybridized carbons (Fsp3) is 0.222. The molecule has 25 heavy (non-hydrogen) atoms. The van der Waals surface area contributed by atoms with Gasteiger partial charge in [0.2, 0.25) is 10.8 Å². The first-order valence-electron chi connectivity index (χ1n) is 8.17. The lowest BCUT2D eigenvalue weighted by Crippen LogP contribution is -2.34. The number of aromatic nitrogens is 3.